The van der Waals surface area contributed by atoms with Crippen molar-refractivity contribution >= 4 is 11.8 Å². The second kappa shape index (κ2) is 5.46. The molecule has 2 aromatic rings. The number of benzene rings is 1. The lowest BCUT2D eigenvalue weighted by Crippen LogP contribution is -1.92. The summed E-state index contributed by atoms with van der Waals surface area (Å²) >= 11 is 1.04. The number of halogens is 2. The quantitative estimate of drug-likeness (QED) is 0.923. The summed E-state index contributed by atoms with van der Waals surface area (Å²) in [6.45, 7) is 1.63. The minimum atomic E-state index is -0.595. The summed E-state index contributed by atoms with van der Waals surface area (Å²) < 4.78 is 26.4. The van der Waals surface area contributed by atoms with Crippen molar-refractivity contribution in [2.24, 2.45) is 0 Å². The summed E-state index contributed by atoms with van der Waals surface area (Å²) in [7, 11) is 0. The van der Waals surface area contributed by atoms with Crippen LogP contribution in [0, 0.1) is 11.6 Å². The van der Waals surface area contributed by atoms with Crippen LogP contribution in [0.1, 0.15) is 18.6 Å². The van der Waals surface area contributed by atoms with Crippen LogP contribution < -0.4 is 0 Å². The molecule has 0 radical (unpaired) electrons. The van der Waals surface area contributed by atoms with Gasteiger partial charge in [-0.25, -0.2) is 13.8 Å². The van der Waals surface area contributed by atoms with E-state index in [0.717, 1.165) is 30.0 Å². The van der Waals surface area contributed by atoms with Crippen LogP contribution in [0.4, 0.5) is 8.78 Å². The van der Waals surface area contributed by atoms with Gasteiger partial charge in [0.15, 0.2) is 0 Å². The van der Waals surface area contributed by atoms with Crippen LogP contribution in [0.2, 0.25) is 0 Å². The number of aliphatic hydroxyl groups is 1. The molecule has 0 spiro atoms. The maximum Gasteiger partial charge on any atom is 0.137 e. The fourth-order valence-electron chi connectivity index (χ4n) is 1.37. The summed E-state index contributed by atoms with van der Waals surface area (Å²) in [5.74, 6) is -0.970. The molecule has 5 heteroatoms. The second-order valence-electron chi connectivity index (χ2n) is 3.78. The average molecular weight is 267 g/mol. The van der Waals surface area contributed by atoms with Crippen LogP contribution in [-0.4, -0.2) is 10.1 Å². The maximum atomic E-state index is 13.4. The Hall–Kier alpha value is -1.46. The second-order valence-corrected chi connectivity index (χ2v) is 4.84. The first-order chi connectivity index (χ1) is 8.56. The normalized spacial score (nSPS) is 12.4. The molecule has 0 aliphatic heterocycles. The van der Waals surface area contributed by atoms with Gasteiger partial charge in [0.25, 0.3) is 0 Å². The Kier molecular flexibility index (Phi) is 3.93. The molecular weight excluding hydrogens is 256 g/mol. The fraction of sp³-hybridized carbons (Fsp3) is 0.154. The third kappa shape index (κ3) is 3.05. The van der Waals surface area contributed by atoms with Crippen molar-refractivity contribution in [1.82, 2.24) is 4.98 Å². The van der Waals surface area contributed by atoms with Gasteiger partial charge in [-0.05, 0) is 36.8 Å². The molecule has 1 atom stereocenters. The van der Waals surface area contributed by atoms with Gasteiger partial charge in [0, 0.05) is 6.20 Å². The van der Waals surface area contributed by atoms with Gasteiger partial charge in [-0.1, -0.05) is 17.8 Å². The Morgan fingerprint density at radius 2 is 2.00 bits per heavy atom. The lowest BCUT2D eigenvalue weighted by atomic mass is 10.2. The third-order valence-corrected chi connectivity index (χ3v) is 3.33. The van der Waals surface area contributed by atoms with Crippen molar-refractivity contribution in [3.8, 4) is 0 Å². The van der Waals surface area contributed by atoms with Crippen molar-refractivity contribution in [2.75, 3.05) is 0 Å². The summed E-state index contributed by atoms with van der Waals surface area (Å²) in [6, 6.07) is 6.66. The zero-order chi connectivity index (χ0) is 13.1. The van der Waals surface area contributed by atoms with Crippen molar-refractivity contribution in [3.05, 3.63) is 53.7 Å². The van der Waals surface area contributed by atoms with Gasteiger partial charge < -0.3 is 5.11 Å². The van der Waals surface area contributed by atoms with E-state index in [-0.39, 0.29) is 4.90 Å². The highest BCUT2D eigenvalue weighted by atomic mass is 32.2. The third-order valence-electron chi connectivity index (χ3n) is 2.35. The zero-order valence-electron chi connectivity index (χ0n) is 9.60. The predicted octanol–water partition coefficient (Wildman–Crippen LogP) is 3.56. The molecule has 0 fully saturated rings. The maximum absolute atomic E-state index is 13.4. The molecule has 0 amide bonds. The summed E-state index contributed by atoms with van der Waals surface area (Å²) in [6.07, 6.45) is 0.923. The molecule has 1 aromatic heterocycles. The van der Waals surface area contributed by atoms with Crippen LogP contribution in [0.25, 0.3) is 0 Å². The average Bonchev–Trinajstić information content (AvgIpc) is 2.34. The number of aromatic nitrogens is 1. The molecule has 0 unspecified atom stereocenters. The molecule has 2 nitrogen and oxygen atoms in total. The van der Waals surface area contributed by atoms with E-state index in [4.69, 9.17) is 0 Å². The Labute approximate surface area is 108 Å². The van der Waals surface area contributed by atoms with Crippen molar-refractivity contribution in [1.29, 1.82) is 0 Å². The zero-order valence-corrected chi connectivity index (χ0v) is 10.4. The largest absolute Gasteiger partial charge is 0.389 e. The van der Waals surface area contributed by atoms with E-state index in [1.54, 1.807) is 19.1 Å². The molecule has 0 bridgehead atoms. The molecule has 0 saturated heterocycles. The first kappa shape index (κ1) is 13.0. The van der Waals surface area contributed by atoms with E-state index in [9.17, 15) is 13.9 Å². The number of rotatable bonds is 3. The number of aliphatic hydroxyl groups excluding tert-OH is 1. The summed E-state index contributed by atoms with van der Waals surface area (Å²) in [4.78, 5) is 4.27. The highest BCUT2D eigenvalue weighted by molar-refractivity contribution is 7.99. The van der Waals surface area contributed by atoms with E-state index in [0.29, 0.717) is 10.6 Å². The Morgan fingerprint density at radius 3 is 2.61 bits per heavy atom. The van der Waals surface area contributed by atoms with Gasteiger partial charge in [0.1, 0.15) is 16.7 Å². The van der Waals surface area contributed by atoms with Gasteiger partial charge in [0.2, 0.25) is 0 Å². The first-order valence-electron chi connectivity index (χ1n) is 5.33. The number of hydrogen-bond donors (Lipinski definition) is 1. The minimum Gasteiger partial charge on any atom is -0.389 e. The van der Waals surface area contributed by atoms with Crippen LogP contribution in [-0.2, 0) is 0 Å². The SMILES string of the molecule is C[C@H](O)c1ccc(Sc2cc(F)ccc2F)nc1. The summed E-state index contributed by atoms with van der Waals surface area (Å²) in [5.41, 5.74) is 0.680. The standard InChI is InChI=1S/C13H11F2NOS/c1-8(17)9-2-5-13(16-7-9)18-12-6-10(14)3-4-11(12)15/h2-8,17H,1H3/t8-/m0/s1. The Morgan fingerprint density at radius 1 is 1.22 bits per heavy atom. The van der Waals surface area contributed by atoms with Crippen LogP contribution in [0.15, 0.2) is 46.5 Å². The summed E-state index contributed by atoms with van der Waals surface area (Å²) in [5, 5.41) is 9.87. The lowest BCUT2D eigenvalue weighted by Gasteiger charge is -2.06. The van der Waals surface area contributed by atoms with E-state index >= 15 is 0 Å². The van der Waals surface area contributed by atoms with Gasteiger partial charge in [-0.2, -0.15) is 0 Å². The molecule has 0 saturated carbocycles. The molecule has 1 N–H and O–H groups in total. The van der Waals surface area contributed by atoms with E-state index in [1.807, 2.05) is 0 Å². The van der Waals surface area contributed by atoms with Gasteiger partial charge in [-0.3, -0.25) is 0 Å². The molecule has 2 rings (SSSR count). The molecule has 0 aliphatic rings. The number of nitrogens with zero attached hydrogens (tertiary/aromatic N) is 1. The van der Waals surface area contributed by atoms with Crippen molar-refractivity contribution < 1.29 is 13.9 Å². The molecule has 18 heavy (non-hydrogen) atoms. The van der Waals surface area contributed by atoms with Gasteiger partial charge >= 0.3 is 0 Å². The highest BCUT2D eigenvalue weighted by Crippen LogP contribution is 2.29. The van der Waals surface area contributed by atoms with E-state index < -0.39 is 17.7 Å². The van der Waals surface area contributed by atoms with Crippen LogP contribution in [0.5, 0.6) is 0 Å². The Balaban J connectivity index is 2.21. The van der Waals surface area contributed by atoms with E-state index in [1.165, 1.54) is 6.20 Å². The predicted molar refractivity (Wildman–Crippen MR) is 65.4 cm³/mol. The smallest absolute Gasteiger partial charge is 0.137 e. The Bertz CT molecular complexity index is 543. The highest BCUT2D eigenvalue weighted by Gasteiger charge is 2.07. The lowest BCUT2D eigenvalue weighted by molar-refractivity contribution is 0.198. The van der Waals surface area contributed by atoms with Crippen molar-refractivity contribution in [2.45, 2.75) is 22.9 Å². The number of pyridine rings is 1. The van der Waals surface area contributed by atoms with Gasteiger partial charge in [-0.15, -0.1) is 0 Å². The minimum absolute atomic E-state index is 0.187. The molecule has 94 valence electrons. The molecular formula is C13H11F2NOS. The van der Waals surface area contributed by atoms with Crippen molar-refractivity contribution in [3.63, 3.8) is 0 Å². The van der Waals surface area contributed by atoms with Crippen LogP contribution in [0.3, 0.4) is 0 Å². The molecule has 1 aromatic carbocycles. The fourth-order valence-corrected chi connectivity index (χ4v) is 2.17. The molecule has 1 heterocycles. The number of hydrogen-bond acceptors (Lipinski definition) is 3. The molecule has 0 aliphatic carbocycles. The van der Waals surface area contributed by atoms with E-state index in [2.05, 4.69) is 4.98 Å². The monoisotopic (exact) mass is 267 g/mol. The first-order valence-corrected chi connectivity index (χ1v) is 6.15. The van der Waals surface area contributed by atoms with Crippen LogP contribution >= 0.6 is 11.8 Å². The topological polar surface area (TPSA) is 33.1 Å². The van der Waals surface area contributed by atoms with Gasteiger partial charge in [0.05, 0.1) is 11.0 Å².